The Morgan fingerprint density at radius 3 is 3.12 bits per heavy atom. The number of aryl methyl sites for hydroxylation is 1. The van der Waals surface area contributed by atoms with E-state index in [1.165, 1.54) is 0 Å². The number of hydrogen-bond acceptors (Lipinski definition) is 5. The summed E-state index contributed by atoms with van der Waals surface area (Å²) in [7, 11) is 0. The maximum absolute atomic E-state index is 5.32. The van der Waals surface area contributed by atoms with E-state index in [4.69, 9.17) is 8.94 Å². The smallest absolute Gasteiger partial charge is 0.244 e. The maximum atomic E-state index is 5.32. The molecule has 1 fully saturated rings. The molecule has 0 radical (unpaired) electrons. The highest BCUT2D eigenvalue weighted by Gasteiger charge is 2.23. The van der Waals surface area contributed by atoms with Gasteiger partial charge in [-0.3, -0.25) is 0 Å². The zero-order chi connectivity index (χ0) is 11.0. The predicted octanol–water partition coefficient (Wildman–Crippen LogP) is 2.06. The van der Waals surface area contributed by atoms with E-state index in [0.29, 0.717) is 17.5 Å². The quantitative estimate of drug-likeness (QED) is 0.837. The minimum atomic E-state index is 0.205. The molecule has 2 aromatic heterocycles. The minimum Gasteiger partial charge on any atom is -0.461 e. The van der Waals surface area contributed by atoms with E-state index in [-0.39, 0.29) is 6.04 Å². The summed E-state index contributed by atoms with van der Waals surface area (Å²) in [4.78, 5) is 4.36. The molecule has 3 rings (SSSR count). The summed E-state index contributed by atoms with van der Waals surface area (Å²) in [5.74, 6) is 1.88. The molecule has 1 atom stereocenters. The SMILES string of the molecule is Cc1ccoc1-c1noc([C@@H]2CCCN2)n1. The maximum Gasteiger partial charge on any atom is 0.244 e. The van der Waals surface area contributed by atoms with Crippen molar-refractivity contribution in [1.82, 2.24) is 15.5 Å². The van der Waals surface area contributed by atoms with Gasteiger partial charge in [0.05, 0.1) is 12.3 Å². The van der Waals surface area contributed by atoms with Gasteiger partial charge in [-0.1, -0.05) is 5.16 Å². The Bertz CT molecular complexity index is 483. The number of aromatic nitrogens is 2. The number of rotatable bonds is 2. The third-order valence-corrected chi connectivity index (χ3v) is 2.87. The van der Waals surface area contributed by atoms with Crippen molar-refractivity contribution >= 4 is 0 Å². The van der Waals surface area contributed by atoms with Crippen LogP contribution in [0.3, 0.4) is 0 Å². The molecule has 0 saturated carbocycles. The summed E-state index contributed by atoms with van der Waals surface area (Å²) in [6, 6.07) is 2.09. The molecule has 0 aromatic carbocycles. The predicted molar refractivity (Wildman–Crippen MR) is 56.7 cm³/mol. The topological polar surface area (TPSA) is 64.1 Å². The van der Waals surface area contributed by atoms with Crippen LogP contribution in [0.1, 0.15) is 30.3 Å². The fraction of sp³-hybridized carbons (Fsp3) is 0.455. The molecular weight excluding hydrogens is 206 g/mol. The van der Waals surface area contributed by atoms with Crippen molar-refractivity contribution in [3.05, 3.63) is 23.8 Å². The molecule has 0 spiro atoms. The van der Waals surface area contributed by atoms with Crippen molar-refractivity contribution in [1.29, 1.82) is 0 Å². The molecule has 5 nitrogen and oxygen atoms in total. The fourth-order valence-electron chi connectivity index (χ4n) is 1.97. The molecule has 5 heteroatoms. The van der Waals surface area contributed by atoms with Gasteiger partial charge >= 0.3 is 0 Å². The van der Waals surface area contributed by atoms with Crippen LogP contribution < -0.4 is 5.32 Å². The van der Waals surface area contributed by atoms with Crippen LogP contribution in [-0.2, 0) is 0 Å². The number of nitrogens with one attached hydrogen (secondary N) is 1. The molecule has 3 heterocycles. The highest BCUT2D eigenvalue weighted by atomic mass is 16.5. The average molecular weight is 219 g/mol. The van der Waals surface area contributed by atoms with Crippen LogP contribution in [0.5, 0.6) is 0 Å². The van der Waals surface area contributed by atoms with Crippen molar-refractivity contribution in [3.63, 3.8) is 0 Å². The monoisotopic (exact) mass is 219 g/mol. The van der Waals surface area contributed by atoms with Gasteiger partial charge in [0.15, 0.2) is 5.76 Å². The normalized spacial score (nSPS) is 20.4. The summed E-state index contributed by atoms with van der Waals surface area (Å²) in [6.45, 7) is 2.98. The summed E-state index contributed by atoms with van der Waals surface area (Å²) in [5, 5.41) is 7.26. The lowest BCUT2D eigenvalue weighted by molar-refractivity contribution is 0.344. The minimum absolute atomic E-state index is 0.205. The Morgan fingerprint density at radius 1 is 1.50 bits per heavy atom. The summed E-state index contributed by atoms with van der Waals surface area (Å²) in [5.41, 5.74) is 1.02. The van der Waals surface area contributed by atoms with Crippen LogP contribution in [0.4, 0.5) is 0 Å². The molecule has 0 aliphatic carbocycles. The van der Waals surface area contributed by atoms with Gasteiger partial charge in [0.2, 0.25) is 11.7 Å². The van der Waals surface area contributed by atoms with Gasteiger partial charge in [-0.15, -0.1) is 0 Å². The third kappa shape index (κ3) is 1.53. The van der Waals surface area contributed by atoms with Gasteiger partial charge in [-0.25, -0.2) is 0 Å². The molecule has 1 aliphatic heterocycles. The van der Waals surface area contributed by atoms with Crippen LogP contribution in [0.2, 0.25) is 0 Å². The molecule has 1 aliphatic rings. The van der Waals surface area contributed by atoms with Crippen LogP contribution in [-0.4, -0.2) is 16.7 Å². The summed E-state index contributed by atoms with van der Waals surface area (Å²) in [6.07, 6.45) is 3.84. The molecule has 1 N–H and O–H groups in total. The van der Waals surface area contributed by atoms with E-state index in [0.717, 1.165) is 24.9 Å². The molecule has 2 aromatic rings. The Hall–Kier alpha value is -1.62. The largest absolute Gasteiger partial charge is 0.461 e. The van der Waals surface area contributed by atoms with Gasteiger partial charge < -0.3 is 14.3 Å². The van der Waals surface area contributed by atoms with E-state index in [1.54, 1.807) is 6.26 Å². The second kappa shape index (κ2) is 3.75. The van der Waals surface area contributed by atoms with Gasteiger partial charge in [0.25, 0.3) is 0 Å². The molecule has 0 bridgehead atoms. The Kier molecular flexibility index (Phi) is 2.25. The molecule has 84 valence electrons. The fourth-order valence-corrected chi connectivity index (χ4v) is 1.97. The van der Waals surface area contributed by atoms with E-state index in [2.05, 4.69) is 15.5 Å². The first-order valence-electron chi connectivity index (χ1n) is 5.46. The first-order valence-corrected chi connectivity index (χ1v) is 5.46. The molecule has 1 saturated heterocycles. The average Bonchev–Trinajstić information content (AvgIpc) is 2.96. The number of hydrogen-bond donors (Lipinski definition) is 1. The van der Waals surface area contributed by atoms with Gasteiger partial charge in [-0.2, -0.15) is 4.98 Å². The lowest BCUT2D eigenvalue weighted by Crippen LogP contribution is -2.12. The van der Waals surface area contributed by atoms with Gasteiger partial charge in [0, 0.05) is 0 Å². The van der Waals surface area contributed by atoms with Crippen LogP contribution >= 0.6 is 0 Å². The van der Waals surface area contributed by atoms with Crippen molar-refractivity contribution < 1.29 is 8.94 Å². The zero-order valence-corrected chi connectivity index (χ0v) is 9.06. The molecule has 16 heavy (non-hydrogen) atoms. The Balaban J connectivity index is 1.90. The highest BCUT2D eigenvalue weighted by Crippen LogP contribution is 2.26. The van der Waals surface area contributed by atoms with E-state index in [1.807, 2.05) is 13.0 Å². The third-order valence-electron chi connectivity index (χ3n) is 2.87. The molecule has 0 amide bonds. The first-order chi connectivity index (χ1) is 7.84. The van der Waals surface area contributed by atoms with E-state index < -0.39 is 0 Å². The standard InChI is InChI=1S/C11H13N3O2/c1-7-4-6-15-9(7)10-13-11(16-14-10)8-3-2-5-12-8/h4,6,8,12H,2-3,5H2,1H3/t8-/m0/s1. The number of nitrogens with zero attached hydrogens (tertiary/aromatic N) is 2. The molecular formula is C11H13N3O2. The second-order valence-electron chi connectivity index (χ2n) is 4.04. The van der Waals surface area contributed by atoms with Crippen molar-refractivity contribution in [2.45, 2.75) is 25.8 Å². The lowest BCUT2D eigenvalue weighted by atomic mass is 10.2. The Morgan fingerprint density at radius 2 is 2.44 bits per heavy atom. The van der Waals surface area contributed by atoms with Crippen LogP contribution in [0.15, 0.2) is 21.3 Å². The van der Waals surface area contributed by atoms with Gasteiger partial charge in [0.1, 0.15) is 0 Å². The van der Waals surface area contributed by atoms with E-state index in [9.17, 15) is 0 Å². The van der Waals surface area contributed by atoms with Crippen molar-refractivity contribution in [3.8, 4) is 11.6 Å². The highest BCUT2D eigenvalue weighted by molar-refractivity contribution is 5.51. The van der Waals surface area contributed by atoms with E-state index >= 15 is 0 Å². The first kappa shape index (κ1) is 9.59. The van der Waals surface area contributed by atoms with Crippen LogP contribution in [0.25, 0.3) is 11.6 Å². The van der Waals surface area contributed by atoms with Crippen molar-refractivity contribution in [2.24, 2.45) is 0 Å². The van der Waals surface area contributed by atoms with Crippen LogP contribution in [0, 0.1) is 6.92 Å². The summed E-state index contributed by atoms with van der Waals surface area (Å²) < 4.78 is 10.6. The van der Waals surface area contributed by atoms with Crippen molar-refractivity contribution in [2.75, 3.05) is 6.54 Å². The zero-order valence-electron chi connectivity index (χ0n) is 9.06. The summed E-state index contributed by atoms with van der Waals surface area (Å²) >= 11 is 0. The molecule has 0 unspecified atom stereocenters. The van der Waals surface area contributed by atoms with Gasteiger partial charge in [-0.05, 0) is 37.9 Å². The lowest BCUT2D eigenvalue weighted by Gasteiger charge is -2.01. The second-order valence-corrected chi connectivity index (χ2v) is 4.04. The number of furan rings is 1. The Labute approximate surface area is 92.8 Å².